The second-order valence-electron chi connectivity index (χ2n) is 4.93. The van der Waals surface area contributed by atoms with E-state index in [1.807, 2.05) is 0 Å². The van der Waals surface area contributed by atoms with Gasteiger partial charge in [-0.2, -0.15) is 5.10 Å². The largest absolute Gasteiger partial charge is 0.247 e. The van der Waals surface area contributed by atoms with Gasteiger partial charge in [-0.05, 0) is 37.5 Å². The van der Waals surface area contributed by atoms with E-state index in [9.17, 15) is 0 Å². The highest BCUT2D eigenvalue weighted by Crippen LogP contribution is 2.23. The van der Waals surface area contributed by atoms with Crippen molar-refractivity contribution in [2.24, 2.45) is 0 Å². The lowest BCUT2D eigenvalue weighted by molar-refractivity contribution is 0.387. The molecule has 0 fully saturated rings. The van der Waals surface area contributed by atoms with Gasteiger partial charge in [-0.25, -0.2) is 9.67 Å². The highest BCUT2D eigenvalue weighted by atomic mass is 79.9. The number of hydrogen-bond donors (Lipinski definition) is 0. The van der Waals surface area contributed by atoms with Crippen molar-refractivity contribution in [1.82, 2.24) is 14.8 Å². The molecule has 1 aromatic carbocycles. The molecule has 1 unspecified atom stereocenters. The summed E-state index contributed by atoms with van der Waals surface area (Å²) in [5.41, 5.74) is 1.26. The smallest absolute Gasteiger partial charge is 0.155 e. The summed E-state index contributed by atoms with van der Waals surface area (Å²) >= 11 is 3.45. The van der Waals surface area contributed by atoms with Crippen LogP contribution in [0.25, 0.3) is 0 Å². The van der Waals surface area contributed by atoms with Crippen molar-refractivity contribution >= 4 is 15.9 Å². The van der Waals surface area contributed by atoms with Crippen LogP contribution in [0.3, 0.4) is 0 Å². The fraction of sp³-hybridized carbons (Fsp3) is 0.429. The minimum atomic E-state index is 0.500. The number of nitrogens with zero attached hydrogens (tertiary/aromatic N) is 3. The van der Waals surface area contributed by atoms with E-state index in [0.717, 1.165) is 29.0 Å². The Morgan fingerprint density at radius 3 is 2.83 bits per heavy atom. The summed E-state index contributed by atoms with van der Waals surface area (Å²) in [5, 5.41) is 4.64. The molecule has 0 aliphatic carbocycles. The third-order valence-electron chi connectivity index (χ3n) is 3.46. The van der Waals surface area contributed by atoms with Crippen LogP contribution in [0, 0.1) is 0 Å². The van der Waals surface area contributed by atoms with Crippen LogP contribution in [0.1, 0.15) is 43.0 Å². The lowest BCUT2D eigenvalue weighted by atomic mass is 10.1. The van der Waals surface area contributed by atoms with Crippen molar-refractivity contribution in [3.63, 3.8) is 0 Å². The molecular formula is C14H16BrN3. The van der Waals surface area contributed by atoms with Gasteiger partial charge in [-0.1, -0.05) is 28.1 Å². The van der Waals surface area contributed by atoms with Crippen molar-refractivity contribution in [3.05, 3.63) is 46.0 Å². The molecule has 3 nitrogen and oxygen atoms in total. The van der Waals surface area contributed by atoms with Gasteiger partial charge < -0.3 is 0 Å². The molecule has 94 valence electrons. The molecular weight excluding hydrogens is 290 g/mol. The highest BCUT2D eigenvalue weighted by Gasteiger charge is 2.19. The van der Waals surface area contributed by atoms with Crippen LogP contribution in [0.15, 0.2) is 28.7 Å². The lowest BCUT2D eigenvalue weighted by Crippen LogP contribution is -2.16. The van der Waals surface area contributed by atoms with E-state index in [4.69, 9.17) is 0 Å². The molecule has 3 rings (SSSR count). The van der Waals surface area contributed by atoms with Gasteiger partial charge in [0.1, 0.15) is 5.82 Å². The van der Waals surface area contributed by atoms with E-state index < -0.39 is 0 Å². The SMILES string of the molecule is CC1CCCc2nc(Cc3ccc(Br)cc3)nn21. The average Bonchev–Trinajstić information content (AvgIpc) is 2.76. The Kier molecular flexibility index (Phi) is 3.20. The van der Waals surface area contributed by atoms with Gasteiger partial charge in [0.05, 0.1) is 6.04 Å². The number of aryl methyl sites for hydroxylation is 1. The summed E-state index contributed by atoms with van der Waals surface area (Å²) in [6.45, 7) is 2.22. The van der Waals surface area contributed by atoms with E-state index >= 15 is 0 Å². The standard InChI is InChI=1S/C14H16BrN3/c1-10-3-2-4-14-16-13(17-18(10)14)9-11-5-7-12(15)8-6-11/h5-8,10H,2-4,9H2,1H3. The van der Waals surface area contributed by atoms with Crippen molar-refractivity contribution in [1.29, 1.82) is 0 Å². The zero-order valence-corrected chi connectivity index (χ0v) is 12.0. The Bertz CT molecular complexity index is 545. The number of fused-ring (bicyclic) bond motifs is 1. The Morgan fingerprint density at radius 1 is 1.33 bits per heavy atom. The second kappa shape index (κ2) is 4.84. The highest BCUT2D eigenvalue weighted by molar-refractivity contribution is 9.10. The third-order valence-corrected chi connectivity index (χ3v) is 3.99. The summed E-state index contributed by atoms with van der Waals surface area (Å²) in [6.07, 6.45) is 4.34. The number of aromatic nitrogens is 3. The maximum atomic E-state index is 4.66. The molecule has 4 heteroatoms. The van der Waals surface area contributed by atoms with Crippen molar-refractivity contribution in [2.45, 2.75) is 38.6 Å². The molecule has 1 aliphatic heterocycles. The lowest BCUT2D eigenvalue weighted by Gasteiger charge is -2.18. The second-order valence-corrected chi connectivity index (χ2v) is 5.85. The van der Waals surface area contributed by atoms with E-state index in [1.54, 1.807) is 0 Å². The first-order valence-corrected chi connectivity index (χ1v) is 7.20. The molecule has 0 spiro atoms. The molecule has 1 atom stereocenters. The van der Waals surface area contributed by atoms with Crippen LogP contribution in [-0.2, 0) is 12.8 Å². The predicted octanol–water partition coefficient (Wildman–Crippen LogP) is 3.53. The van der Waals surface area contributed by atoms with Gasteiger partial charge in [0.15, 0.2) is 5.82 Å². The maximum Gasteiger partial charge on any atom is 0.155 e. The Labute approximate surface area is 115 Å². The van der Waals surface area contributed by atoms with Gasteiger partial charge in [0.2, 0.25) is 0 Å². The zero-order valence-electron chi connectivity index (χ0n) is 10.4. The molecule has 0 bridgehead atoms. The van der Waals surface area contributed by atoms with Gasteiger partial charge in [-0.3, -0.25) is 0 Å². The molecule has 0 N–H and O–H groups in total. The molecule has 2 aromatic rings. The summed E-state index contributed by atoms with van der Waals surface area (Å²) in [7, 11) is 0. The fourth-order valence-electron chi connectivity index (χ4n) is 2.47. The molecule has 2 heterocycles. The number of hydrogen-bond acceptors (Lipinski definition) is 2. The van der Waals surface area contributed by atoms with E-state index in [-0.39, 0.29) is 0 Å². The normalized spacial score (nSPS) is 18.7. The quantitative estimate of drug-likeness (QED) is 0.850. The van der Waals surface area contributed by atoms with Gasteiger partial charge in [0, 0.05) is 17.3 Å². The van der Waals surface area contributed by atoms with Crippen LogP contribution >= 0.6 is 15.9 Å². The summed E-state index contributed by atoms with van der Waals surface area (Å²) in [4.78, 5) is 4.66. The summed E-state index contributed by atoms with van der Waals surface area (Å²) in [5.74, 6) is 2.10. The zero-order chi connectivity index (χ0) is 12.5. The molecule has 0 radical (unpaired) electrons. The van der Waals surface area contributed by atoms with E-state index in [1.165, 1.54) is 18.4 Å². The van der Waals surface area contributed by atoms with Crippen molar-refractivity contribution < 1.29 is 0 Å². The monoisotopic (exact) mass is 305 g/mol. The molecule has 0 amide bonds. The van der Waals surface area contributed by atoms with Crippen LogP contribution in [0.2, 0.25) is 0 Å². The van der Waals surface area contributed by atoms with Crippen LogP contribution in [0.5, 0.6) is 0 Å². The van der Waals surface area contributed by atoms with Crippen LogP contribution in [0.4, 0.5) is 0 Å². The Morgan fingerprint density at radius 2 is 2.11 bits per heavy atom. The Hall–Kier alpha value is -1.16. The molecule has 0 saturated heterocycles. The van der Waals surface area contributed by atoms with Crippen LogP contribution in [-0.4, -0.2) is 14.8 Å². The third kappa shape index (κ3) is 2.34. The van der Waals surface area contributed by atoms with E-state index in [0.29, 0.717) is 6.04 Å². The van der Waals surface area contributed by atoms with Gasteiger partial charge in [0.25, 0.3) is 0 Å². The Balaban J connectivity index is 1.83. The first kappa shape index (κ1) is 11.9. The first-order valence-electron chi connectivity index (χ1n) is 6.41. The van der Waals surface area contributed by atoms with Gasteiger partial charge in [-0.15, -0.1) is 0 Å². The fourth-order valence-corrected chi connectivity index (χ4v) is 2.73. The maximum absolute atomic E-state index is 4.66. The molecule has 0 saturated carbocycles. The molecule has 1 aromatic heterocycles. The number of halogens is 1. The molecule has 18 heavy (non-hydrogen) atoms. The minimum absolute atomic E-state index is 0.500. The molecule has 1 aliphatic rings. The number of rotatable bonds is 2. The van der Waals surface area contributed by atoms with Crippen molar-refractivity contribution in [2.75, 3.05) is 0 Å². The predicted molar refractivity (Wildman–Crippen MR) is 74.6 cm³/mol. The minimum Gasteiger partial charge on any atom is -0.247 e. The van der Waals surface area contributed by atoms with Crippen LogP contribution < -0.4 is 0 Å². The summed E-state index contributed by atoms with van der Waals surface area (Å²) in [6, 6.07) is 8.86. The summed E-state index contributed by atoms with van der Waals surface area (Å²) < 4.78 is 3.22. The van der Waals surface area contributed by atoms with Gasteiger partial charge >= 0.3 is 0 Å². The average molecular weight is 306 g/mol. The topological polar surface area (TPSA) is 30.7 Å². The first-order chi connectivity index (χ1) is 8.72. The van der Waals surface area contributed by atoms with E-state index in [2.05, 4.69) is 61.9 Å². The van der Waals surface area contributed by atoms with Crippen molar-refractivity contribution in [3.8, 4) is 0 Å². The number of benzene rings is 1.